The highest BCUT2D eigenvalue weighted by Crippen LogP contribution is 2.33. The van der Waals surface area contributed by atoms with Crippen molar-refractivity contribution in [2.24, 2.45) is 0 Å². The molecule has 4 rings (SSSR count). The van der Waals surface area contributed by atoms with E-state index >= 15 is 0 Å². The van der Waals surface area contributed by atoms with Crippen LogP contribution in [0.4, 0.5) is 10.8 Å². The van der Waals surface area contributed by atoms with Gasteiger partial charge < -0.3 is 4.90 Å². The molecule has 0 N–H and O–H groups in total. The fraction of sp³-hybridized carbons (Fsp3) is 0.333. The number of nitrogens with zero attached hydrogens (tertiary/aromatic N) is 4. The summed E-state index contributed by atoms with van der Waals surface area (Å²) in [7, 11) is -3.78. The highest BCUT2D eigenvalue weighted by molar-refractivity contribution is 7.92. The molecule has 0 aliphatic rings. The largest absolute Gasteiger partial charge is 0.302 e. The van der Waals surface area contributed by atoms with Gasteiger partial charge in [-0.05, 0) is 87.5 Å². The van der Waals surface area contributed by atoms with Crippen molar-refractivity contribution in [3.63, 3.8) is 0 Å². The van der Waals surface area contributed by atoms with Gasteiger partial charge in [-0.2, -0.15) is 0 Å². The number of rotatable bonds is 11. The number of fused-ring (bicyclic) bond motifs is 1. The van der Waals surface area contributed by atoms with Gasteiger partial charge in [-0.15, -0.1) is 12.4 Å². The van der Waals surface area contributed by atoms with E-state index in [0.717, 1.165) is 34.4 Å². The van der Waals surface area contributed by atoms with Crippen molar-refractivity contribution in [1.82, 2.24) is 9.88 Å². The monoisotopic (exact) mass is 600 g/mol. The number of anilines is 2. The van der Waals surface area contributed by atoms with Gasteiger partial charge in [-0.25, -0.2) is 13.4 Å². The zero-order valence-corrected chi connectivity index (χ0v) is 26.1. The molecule has 0 fully saturated rings. The number of aryl methyl sites for hydroxylation is 2. The first-order valence-corrected chi connectivity index (χ1v) is 15.5. The summed E-state index contributed by atoms with van der Waals surface area (Å²) in [5.41, 5.74) is 4.17. The molecule has 1 heterocycles. The van der Waals surface area contributed by atoms with Crippen LogP contribution in [0.1, 0.15) is 42.3 Å². The minimum atomic E-state index is -3.78. The number of halogens is 1. The Bertz CT molecular complexity index is 1540. The number of benzene rings is 3. The number of carbonyl (C=O) groups excluding carboxylic acids is 1. The molecule has 0 aliphatic carbocycles. The summed E-state index contributed by atoms with van der Waals surface area (Å²) in [4.78, 5) is 22.8. The molecule has 0 radical (unpaired) electrons. The number of likely N-dealkylation sites (N-methyl/N-ethyl adjacent to an activating group) is 1. The van der Waals surface area contributed by atoms with Crippen molar-refractivity contribution >= 4 is 60.7 Å². The Morgan fingerprint density at radius 2 is 1.52 bits per heavy atom. The van der Waals surface area contributed by atoms with E-state index < -0.39 is 10.0 Å². The second-order valence-corrected chi connectivity index (χ2v) is 12.3. The number of carbonyl (C=O) groups is 1. The van der Waals surface area contributed by atoms with E-state index in [2.05, 4.69) is 31.7 Å². The van der Waals surface area contributed by atoms with Crippen molar-refractivity contribution in [1.29, 1.82) is 0 Å². The molecule has 0 spiro atoms. The van der Waals surface area contributed by atoms with E-state index in [9.17, 15) is 13.2 Å². The van der Waals surface area contributed by atoms with Crippen LogP contribution in [-0.2, 0) is 10.0 Å². The van der Waals surface area contributed by atoms with Crippen molar-refractivity contribution in [3.8, 4) is 0 Å². The molecule has 1 amide bonds. The molecule has 0 saturated carbocycles. The van der Waals surface area contributed by atoms with Crippen LogP contribution >= 0.6 is 23.7 Å². The lowest BCUT2D eigenvalue weighted by atomic mass is 10.1. The maximum absolute atomic E-state index is 13.8. The van der Waals surface area contributed by atoms with E-state index in [0.29, 0.717) is 36.0 Å². The quantitative estimate of drug-likeness (QED) is 0.195. The summed E-state index contributed by atoms with van der Waals surface area (Å²) in [6.07, 6.45) is 0. The van der Waals surface area contributed by atoms with Gasteiger partial charge in [0, 0.05) is 25.2 Å². The first kappa shape index (κ1) is 31.5. The number of para-hydroxylation sites is 1. The molecule has 214 valence electrons. The van der Waals surface area contributed by atoms with Gasteiger partial charge in [0.05, 0.1) is 20.8 Å². The first-order valence-electron chi connectivity index (χ1n) is 13.3. The highest BCUT2D eigenvalue weighted by Gasteiger charge is 2.26. The van der Waals surface area contributed by atoms with Gasteiger partial charge in [0.2, 0.25) is 0 Å². The van der Waals surface area contributed by atoms with Crippen LogP contribution in [0.15, 0.2) is 71.6 Å². The number of hydrogen-bond acceptors (Lipinski definition) is 6. The maximum Gasteiger partial charge on any atom is 0.264 e. The second-order valence-electron chi connectivity index (χ2n) is 9.44. The van der Waals surface area contributed by atoms with Crippen molar-refractivity contribution in [3.05, 3.63) is 83.4 Å². The fourth-order valence-electron chi connectivity index (χ4n) is 4.68. The van der Waals surface area contributed by atoms with Gasteiger partial charge in [-0.3, -0.25) is 14.0 Å². The SMILES string of the molecule is CCN(CC)CCN(C(=O)c1ccc(S(=O)(=O)N(CC)c2ccccc2)cc1)c1nc2cc(C)cc(C)c2s1.Cl. The van der Waals surface area contributed by atoms with Crippen LogP contribution in [0, 0.1) is 13.8 Å². The normalized spacial score (nSPS) is 11.4. The first-order chi connectivity index (χ1) is 18.7. The van der Waals surface area contributed by atoms with Crippen LogP contribution in [-0.4, -0.2) is 56.9 Å². The van der Waals surface area contributed by atoms with E-state index in [-0.39, 0.29) is 23.2 Å². The van der Waals surface area contributed by atoms with Gasteiger partial charge in [0.1, 0.15) is 0 Å². The summed E-state index contributed by atoms with van der Waals surface area (Å²) in [5.74, 6) is -0.199. The van der Waals surface area contributed by atoms with Crippen LogP contribution in [0.3, 0.4) is 0 Å². The Morgan fingerprint density at radius 1 is 0.875 bits per heavy atom. The zero-order chi connectivity index (χ0) is 28.2. The summed E-state index contributed by atoms with van der Waals surface area (Å²) >= 11 is 1.52. The van der Waals surface area contributed by atoms with Gasteiger partial charge in [0.15, 0.2) is 5.13 Å². The highest BCUT2D eigenvalue weighted by atomic mass is 35.5. The molecule has 0 bridgehead atoms. The predicted octanol–water partition coefficient (Wildman–Crippen LogP) is 6.54. The Hall–Kier alpha value is -2.98. The minimum absolute atomic E-state index is 0. The summed E-state index contributed by atoms with van der Waals surface area (Å²) in [6, 6.07) is 19.4. The molecular formula is C30H37ClN4O3S2. The number of thiazole rings is 1. The average Bonchev–Trinajstić information content (AvgIpc) is 3.36. The van der Waals surface area contributed by atoms with Crippen LogP contribution in [0.5, 0.6) is 0 Å². The lowest BCUT2D eigenvalue weighted by Gasteiger charge is -2.25. The Balaban J connectivity index is 0.00000441. The van der Waals surface area contributed by atoms with Crippen LogP contribution < -0.4 is 9.21 Å². The molecule has 0 atom stereocenters. The molecule has 0 unspecified atom stereocenters. The Morgan fingerprint density at radius 3 is 2.12 bits per heavy atom. The predicted molar refractivity (Wildman–Crippen MR) is 169 cm³/mol. The standard InChI is InChI=1S/C30H36N4O3S2.ClH/c1-6-32(7-2)18-19-33(30-31-27-21-22(4)20-23(5)28(27)38-30)29(35)24-14-16-26(17-15-24)39(36,37)34(8-3)25-12-10-9-11-13-25;/h9-17,20-21H,6-8,18-19H2,1-5H3;1H. The number of hydrogen-bond donors (Lipinski definition) is 0. The van der Waals surface area contributed by atoms with E-state index in [1.54, 1.807) is 36.1 Å². The number of sulfonamides is 1. The van der Waals surface area contributed by atoms with Gasteiger partial charge >= 0.3 is 0 Å². The molecule has 0 saturated heterocycles. The van der Waals surface area contributed by atoms with E-state index in [4.69, 9.17) is 4.98 Å². The zero-order valence-electron chi connectivity index (χ0n) is 23.6. The van der Waals surface area contributed by atoms with Crippen LogP contribution in [0.2, 0.25) is 0 Å². The van der Waals surface area contributed by atoms with E-state index in [1.807, 2.05) is 31.2 Å². The summed E-state index contributed by atoms with van der Waals surface area (Å²) in [5, 5.41) is 0.647. The van der Waals surface area contributed by atoms with Crippen molar-refractivity contribution in [2.45, 2.75) is 39.5 Å². The van der Waals surface area contributed by atoms with Gasteiger partial charge in [-0.1, -0.05) is 49.4 Å². The van der Waals surface area contributed by atoms with Crippen molar-refractivity contribution in [2.75, 3.05) is 41.9 Å². The average molecular weight is 601 g/mol. The smallest absolute Gasteiger partial charge is 0.264 e. The molecule has 0 aliphatic heterocycles. The second kappa shape index (κ2) is 13.6. The lowest BCUT2D eigenvalue weighted by molar-refractivity contribution is 0.0983. The van der Waals surface area contributed by atoms with Crippen molar-refractivity contribution < 1.29 is 13.2 Å². The third-order valence-electron chi connectivity index (χ3n) is 6.84. The fourth-order valence-corrected chi connectivity index (χ4v) is 7.20. The van der Waals surface area contributed by atoms with Crippen LogP contribution in [0.25, 0.3) is 10.2 Å². The number of aromatic nitrogens is 1. The molecular weight excluding hydrogens is 564 g/mol. The Labute approximate surface area is 247 Å². The summed E-state index contributed by atoms with van der Waals surface area (Å²) in [6.45, 7) is 13.4. The summed E-state index contributed by atoms with van der Waals surface area (Å²) < 4.78 is 29.3. The molecule has 3 aromatic carbocycles. The third kappa shape index (κ3) is 6.66. The van der Waals surface area contributed by atoms with Gasteiger partial charge in [0.25, 0.3) is 15.9 Å². The molecule has 7 nitrogen and oxygen atoms in total. The lowest BCUT2D eigenvalue weighted by Crippen LogP contribution is -2.39. The molecule has 40 heavy (non-hydrogen) atoms. The molecule has 1 aromatic heterocycles. The topological polar surface area (TPSA) is 73.8 Å². The maximum atomic E-state index is 13.8. The third-order valence-corrected chi connectivity index (χ3v) is 9.99. The molecule has 4 aromatic rings. The number of amides is 1. The molecule has 10 heteroatoms. The Kier molecular flexibility index (Phi) is 10.7. The minimum Gasteiger partial charge on any atom is -0.302 e. The van der Waals surface area contributed by atoms with E-state index in [1.165, 1.54) is 27.8 Å².